The number of fused-ring (bicyclic) bond motifs is 1. The summed E-state index contributed by atoms with van der Waals surface area (Å²) in [6.07, 6.45) is 3.35. The predicted octanol–water partition coefficient (Wildman–Crippen LogP) is 4.28. The van der Waals surface area contributed by atoms with Gasteiger partial charge < -0.3 is 14.2 Å². The number of rotatable bonds is 4. The third kappa shape index (κ3) is 3.03. The lowest BCUT2D eigenvalue weighted by molar-refractivity contribution is -0.131. The minimum Gasteiger partial charge on any atom is -0.493 e. The number of methoxy groups -OCH3 is 2. The SMILES string of the molecule is COc1cccc(C2C3=C(OC4CCCCC4C3=O)C(=O)N2c2nc(C)c(C)s2)c1OC. The first-order valence-electron chi connectivity index (χ1n) is 10.9. The second-order valence-electron chi connectivity index (χ2n) is 8.45. The van der Waals surface area contributed by atoms with Gasteiger partial charge in [0.1, 0.15) is 12.1 Å². The Hall–Kier alpha value is -2.87. The zero-order chi connectivity index (χ0) is 22.6. The molecule has 3 heterocycles. The fraction of sp³-hybridized carbons (Fsp3) is 0.458. The van der Waals surface area contributed by atoms with Crippen molar-refractivity contribution >= 4 is 28.2 Å². The molecule has 0 saturated heterocycles. The molecule has 5 rings (SSSR count). The molecular formula is C24H26N2O5S. The second kappa shape index (κ2) is 7.92. The van der Waals surface area contributed by atoms with E-state index in [1.165, 1.54) is 11.3 Å². The second-order valence-corrected chi connectivity index (χ2v) is 9.63. The number of carbonyl (C=O) groups excluding carboxylic acids is 2. The van der Waals surface area contributed by atoms with Gasteiger partial charge in [-0.1, -0.05) is 18.6 Å². The van der Waals surface area contributed by atoms with Gasteiger partial charge in [0.25, 0.3) is 5.91 Å². The standard InChI is InChI=1S/C24H26N2O5S/c1-12-13(2)32-24(25-12)26-19(15-9-7-11-17(29-3)21(15)30-4)18-20(27)14-8-5-6-10-16(14)31-22(18)23(26)28/h7,9,11,14,16,19H,5-6,8,10H2,1-4H3. The molecule has 1 aliphatic carbocycles. The van der Waals surface area contributed by atoms with Crippen LogP contribution in [0.25, 0.3) is 0 Å². The molecule has 0 spiro atoms. The Kier molecular flexibility index (Phi) is 5.20. The van der Waals surface area contributed by atoms with Crippen LogP contribution in [0.3, 0.4) is 0 Å². The van der Waals surface area contributed by atoms with Crippen molar-refractivity contribution in [1.82, 2.24) is 4.98 Å². The average Bonchev–Trinajstić information content (AvgIpc) is 3.29. The van der Waals surface area contributed by atoms with E-state index in [9.17, 15) is 9.59 Å². The summed E-state index contributed by atoms with van der Waals surface area (Å²) < 4.78 is 17.4. The van der Waals surface area contributed by atoms with Gasteiger partial charge in [-0.15, -0.1) is 11.3 Å². The number of hydrogen-bond donors (Lipinski definition) is 0. The van der Waals surface area contributed by atoms with Gasteiger partial charge in [0.2, 0.25) is 0 Å². The number of ether oxygens (including phenoxy) is 3. The van der Waals surface area contributed by atoms with Crippen LogP contribution < -0.4 is 14.4 Å². The summed E-state index contributed by atoms with van der Waals surface area (Å²) in [6.45, 7) is 3.89. The normalized spacial score (nSPS) is 24.9. The molecule has 1 amide bonds. The molecule has 168 valence electrons. The summed E-state index contributed by atoms with van der Waals surface area (Å²) in [4.78, 5) is 34.7. The largest absolute Gasteiger partial charge is 0.493 e. The maximum absolute atomic E-state index is 13.8. The Morgan fingerprint density at radius 3 is 2.59 bits per heavy atom. The number of hydrogen-bond acceptors (Lipinski definition) is 7. The van der Waals surface area contributed by atoms with E-state index in [0.29, 0.717) is 27.8 Å². The maximum Gasteiger partial charge on any atom is 0.296 e. The fourth-order valence-electron chi connectivity index (χ4n) is 5.02. The van der Waals surface area contributed by atoms with Crippen molar-refractivity contribution in [3.63, 3.8) is 0 Å². The summed E-state index contributed by atoms with van der Waals surface area (Å²) in [5.41, 5.74) is 1.96. The summed E-state index contributed by atoms with van der Waals surface area (Å²) in [6, 6.07) is 4.83. The highest BCUT2D eigenvalue weighted by Gasteiger charge is 2.53. The number of amides is 1. The highest BCUT2D eigenvalue weighted by Crippen LogP contribution is 2.51. The van der Waals surface area contributed by atoms with E-state index in [1.54, 1.807) is 25.2 Å². The van der Waals surface area contributed by atoms with Crippen LogP contribution in [0.1, 0.15) is 47.9 Å². The fourth-order valence-corrected chi connectivity index (χ4v) is 5.96. The Balaban J connectivity index is 1.72. The molecule has 1 aromatic carbocycles. The number of nitrogens with zero attached hydrogens (tertiary/aromatic N) is 2. The van der Waals surface area contributed by atoms with Gasteiger partial charge in [0.05, 0.1) is 31.4 Å². The quantitative estimate of drug-likeness (QED) is 0.686. The number of thiazole rings is 1. The number of para-hydroxylation sites is 1. The van der Waals surface area contributed by atoms with Crippen LogP contribution in [0.2, 0.25) is 0 Å². The third-order valence-electron chi connectivity index (χ3n) is 6.71. The van der Waals surface area contributed by atoms with E-state index in [2.05, 4.69) is 4.98 Å². The van der Waals surface area contributed by atoms with Crippen molar-refractivity contribution in [2.75, 3.05) is 19.1 Å². The maximum atomic E-state index is 13.8. The molecule has 8 heteroatoms. The van der Waals surface area contributed by atoms with Crippen LogP contribution in [0.15, 0.2) is 29.5 Å². The molecule has 1 saturated carbocycles. The van der Waals surface area contributed by atoms with Crippen LogP contribution in [-0.4, -0.2) is 37.0 Å². The highest BCUT2D eigenvalue weighted by atomic mass is 32.1. The number of benzene rings is 1. The van der Waals surface area contributed by atoms with Crippen LogP contribution in [0, 0.1) is 19.8 Å². The number of ketones is 1. The lowest BCUT2D eigenvalue weighted by atomic mass is 9.77. The smallest absolute Gasteiger partial charge is 0.296 e. The van der Waals surface area contributed by atoms with Crippen LogP contribution in [-0.2, 0) is 14.3 Å². The van der Waals surface area contributed by atoms with Gasteiger partial charge in [0, 0.05) is 10.4 Å². The summed E-state index contributed by atoms with van der Waals surface area (Å²) in [5.74, 6) is 0.674. The van der Waals surface area contributed by atoms with Gasteiger partial charge in [-0.3, -0.25) is 14.5 Å². The number of aromatic nitrogens is 1. The Morgan fingerprint density at radius 2 is 1.91 bits per heavy atom. The van der Waals surface area contributed by atoms with Gasteiger partial charge in [-0.05, 0) is 39.2 Å². The van der Waals surface area contributed by atoms with Crippen molar-refractivity contribution in [3.8, 4) is 11.5 Å². The van der Waals surface area contributed by atoms with Crippen molar-refractivity contribution in [1.29, 1.82) is 0 Å². The molecule has 0 N–H and O–H groups in total. The van der Waals surface area contributed by atoms with Crippen LogP contribution in [0.4, 0.5) is 5.13 Å². The average molecular weight is 455 g/mol. The molecule has 1 fully saturated rings. The molecule has 0 bridgehead atoms. The summed E-state index contributed by atoms with van der Waals surface area (Å²) in [5, 5.41) is 0.550. The minimum atomic E-state index is -0.678. The lowest BCUT2D eigenvalue weighted by Crippen LogP contribution is -2.39. The molecule has 3 unspecified atom stereocenters. The first kappa shape index (κ1) is 21.0. The molecule has 2 aliphatic heterocycles. The van der Waals surface area contributed by atoms with E-state index >= 15 is 0 Å². The van der Waals surface area contributed by atoms with E-state index < -0.39 is 6.04 Å². The Labute approximate surface area is 191 Å². The van der Waals surface area contributed by atoms with Crippen molar-refractivity contribution < 1.29 is 23.8 Å². The van der Waals surface area contributed by atoms with E-state index in [0.717, 1.165) is 36.3 Å². The Bertz CT molecular complexity index is 1120. The number of aryl methyl sites for hydroxylation is 2. The number of Topliss-reactive ketones (excluding diaryl/α,β-unsaturated/α-hetero) is 1. The molecule has 3 aliphatic rings. The molecular weight excluding hydrogens is 428 g/mol. The zero-order valence-electron chi connectivity index (χ0n) is 18.6. The molecule has 32 heavy (non-hydrogen) atoms. The number of anilines is 1. The summed E-state index contributed by atoms with van der Waals surface area (Å²) >= 11 is 1.44. The molecule has 3 atom stereocenters. The van der Waals surface area contributed by atoms with Gasteiger partial charge in [-0.2, -0.15) is 0 Å². The monoisotopic (exact) mass is 454 g/mol. The van der Waals surface area contributed by atoms with Crippen molar-refractivity contribution in [2.24, 2.45) is 5.92 Å². The van der Waals surface area contributed by atoms with Crippen LogP contribution in [0.5, 0.6) is 11.5 Å². The zero-order valence-corrected chi connectivity index (χ0v) is 19.5. The van der Waals surface area contributed by atoms with Crippen LogP contribution >= 0.6 is 11.3 Å². The van der Waals surface area contributed by atoms with Gasteiger partial charge in [-0.25, -0.2) is 4.98 Å². The summed E-state index contributed by atoms with van der Waals surface area (Å²) in [7, 11) is 3.13. The first-order valence-corrected chi connectivity index (χ1v) is 11.7. The lowest BCUT2D eigenvalue weighted by Gasteiger charge is -2.35. The van der Waals surface area contributed by atoms with E-state index in [4.69, 9.17) is 14.2 Å². The highest BCUT2D eigenvalue weighted by molar-refractivity contribution is 7.15. The topological polar surface area (TPSA) is 78.0 Å². The van der Waals surface area contributed by atoms with Gasteiger partial charge >= 0.3 is 0 Å². The molecule has 0 radical (unpaired) electrons. The van der Waals surface area contributed by atoms with Gasteiger partial charge in [0.15, 0.2) is 28.2 Å². The first-order chi connectivity index (χ1) is 15.5. The molecule has 7 nitrogen and oxygen atoms in total. The van der Waals surface area contributed by atoms with E-state index in [-0.39, 0.29) is 29.5 Å². The van der Waals surface area contributed by atoms with E-state index in [1.807, 2.05) is 26.0 Å². The third-order valence-corrected chi connectivity index (χ3v) is 7.79. The number of carbonyl (C=O) groups is 2. The predicted molar refractivity (Wildman–Crippen MR) is 120 cm³/mol. The minimum absolute atomic E-state index is 0.00618. The Morgan fingerprint density at radius 1 is 1.12 bits per heavy atom. The van der Waals surface area contributed by atoms with Crippen molar-refractivity contribution in [2.45, 2.75) is 51.7 Å². The molecule has 1 aromatic heterocycles. The molecule has 2 aromatic rings. The van der Waals surface area contributed by atoms with Crippen molar-refractivity contribution in [3.05, 3.63) is 45.7 Å².